The molecule has 0 aliphatic carbocycles. The van der Waals surface area contributed by atoms with Gasteiger partial charge in [0.25, 0.3) is 0 Å². The number of carbonyl (C=O) groups is 5. The maximum Gasteiger partial charge on any atom is 0.322 e. The van der Waals surface area contributed by atoms with Gasteiger partial charge in [0.15, 0.2) is 5.78 Å². The van der Waals surface area contributed by atoms with Crippen molar-refractivity contribution < 1.29 is 33.4 Å². The second kappa shape index (κ2) is 17.1. The minimum Gasteiger partial charge on any atom is -0.468 e. The Hall–Kier alpha value is -1.59. The van der Waals surface area contributed by atoms with E-state index >= 15 is 0 Å². The van der Waals surface area contributed by atoms with Crippen LogP contribution in [0.15, 0.2) is 0 Å². The smallest absolute Gasteiger partial charge is 0.322 e. The molecule has 0 radical (unpaired) electrons. The molecule has 0 fully saturated rings. The maximum absolute atomic E-state index is 12.5. The number of ether oxygens (including phenoxy) is 2. The van der Waals surface area contributed by atoms with Crippen molar-refractivity contribution in [2.75, 3.05) is 25.2 Å². The van der Waals surface area contributed by atoms with Crippen LogP contribution >= 0.6 is 21.6 Å². The zero-order chi connectivity index (χ0) is 22.9. The lowest BCUT2D eigenvalue weighted by Crippen LogP contribution is -2.43. The van der Waals surface area contributed by atoms with E-state index in [4.69, 9.17) is 10.5 Å². The summed E-state index contributed by atoms with van der Waals surface area (Å²) in [4.78, 5) is 59.1. The Morgan fingerprint density at radius 1 is 1.00 bits per heavy atom. The first kappa shape index (κ1) is 28.4. The van der Waals surface area contributed by atoms with Crippen LogP contribution in [-0.2, 0) is 33.4 Å². The van der Waals surface area contributed by atoms with Crippen LogP contribution < -0.4 is 11.1 Å². The lowest BCUT2D eigenvalue weighted by molar-refractivity contribution is -0.144. The van der Waals surface area contributed by atoms with Gasteiger partial charge < -0.3 is 20.5 Å². The molecule has 0 heterocycles. The standard InChI is InChI=1S/C19H32N2O7S2/c1-4-6-13(22)11-29-30-12-15(16(23)8-10-18(25)28-5-2)21-17(24)9-7-14(20)19(26)27-3/h14-15H,4-12,20H2,1-3H3,(H,21,24)/t14-,15-/m0/s1. The molecular formula is C19H32N2O7S2. The Balaban J connectivity index is 4.69. The van der Waals surface area contributed by atoms with Gasteiger partial charge in [-0.2, -0.15) is 0 Å². The number of Topliss-reactive ketones (excluding diaryl/α,β-unsaturated/α-hetero) is 2. The van der Waals surface area contributed by atoms with E-state index in [1.54, 1.807) is 6.92 Å². The number of esters is 2. The van der Waals surface area contributed by atoms with Crippen LogP contribution in [0.4, 0.5) is 0 Å². The van der Waals surface area contributed by atoms with E-state index in [1.807, 2.05) is 6.92 Å². The van der Waals surface area contributed by atoms with Crippen molar-refractivity contribution in [3.63, 3.8) is 0 Å². The fourth-order valence-electron chi connectivity index (χ4n) is 2.24. The van der Waals surface area contributed by atoms with Crippen molar-refractivity contribution in [3.8, 4) is 0 Å². The highest BCUT2D eigenvalue weighted by Crippen LogP contribution is 2.23. The number of amides is 1. The van der Waals surface area contributed by atoms with E-state index in [1.165, 1.54) is 28.7 Å². The van der Waals surface area contributed by atoms with Crippen molar-refractivity contribution in [2.45, 2.75) is 64.5 Å². The summed E-state index contributed by atoms with van der Waals surface area (Å²) in [5.41, 5.74) is 5.62. The number of hydrogen-bond donors (Lipinski definition) is 2. The van der Waals surface area contributed by atoms with Crippen LogP contribution in [0.5, 0.6) is 0 Å². The first-order valence-corrected chi connectivity index (χ1v) is 12.3. The minimum absolute atomic E-state index is 0.0509. The highest BCUT2D eigenvalue weighted by molar-refractivity contribution is 8.76. The minimum atomic E-state index is -0.923. The van der Waals surface area contributed by atoms with Gasteiger partial charge >= 0.3 is 11.9 Å². The molecule has 1 amide bonds. The Morgan fingerprint density at radius 2 is 1.70 bits per heavy atom. The summed E-state index contributed by atoms with van der Waals surface area (Å²) in [5, 5.41) is 2.63. The van der Waals surface area contributed by atoms with Crippen LogP contribution in [0.1, 0.15) is 52.4 Å². The third-order valence-corrected chi connectivity index (χ3v) is 6.20. The zero-order valence-electron chi connectivity index (χ0n) is 17.8. The molecule has 2 atom stereocenters. The molecule has 0 spiro atoms. The van der Waals surface area contributed by atoms with Crippen LogP contribution in [0.3, 0.4) is 0 Å². The van der Waals surface area contributed by atoms with Gasteiger partial charge in [-0.3, -0.25) is 24.0 Å². The summed E-state index contributed by atoms with van der Waals surface area (Å²) in [7, 11) is 3.84. The van der Waals surface area contributed by atoms with Crippen molar-refractivity contribution in [1.29, 1.82) is 0 Å². The molecule has 0 aliphatic heterocycles. The van der Waals surface area contributed by atoms with Gasteiger partial charge in [-0.1, -0.05) is 28.5 Å². The van der Waals surface area contributed by atoms with Crippen molar-refractivity contribution >= 4 is 51.0 Å². The van der Waals surface area contributed by atoms with Gasteiger partial charge in [0.1, 0.15) is 11.8 Å². The first-order valence-electron chi connectivity index (χ1n) is 9.82. The van der Waals surface area contributed by atoms with E-state index in [2.05, 4.69) is 10.1 Å². The molecule has 0 rings (SSSR count). The third-order valence-electron chi connectivity index (χ3n) is 3.86. The van der Waals surface area contributed by atoms with E-state index in [0.29, 0.717) is 12.2 Å². The van der Waals surface area contributed by atoms with Gasteiger partial charge in [0, 0.05) is 25.0 Å². The number of ketones is 2. The average molecular weight is 465 g/mol. The van der Waals surface area contributed by atoms with E-state index < -0.39 is 29.9 Å². The van der Waals surface area contributed by atoms with Crippen LogP contribution in [-0.4, -0.2) is 66.7 Å². The summed E-state index contributed by atoms with van der Waals surface area (Å²) in [6.45, 7) is 3.83. The van der Waals surface area contributed by atoms with Gasteiger partial charge in [-0.25, -0.2) is 0 Å². The first-order chi connectivity index (χ1) is 14.2. The molecule has 0 aliphatic rings. The number of nitrogens with one attached hydrogen (secondary N) is 1. The predicted octanol–water partition coefficient (Wildman–Crippen LogP) is 1.41. The Kier molecular flexibility index (Phi) is 16.2. The van der Waals surface area contributed by atoms with Crippen molar-refractivity contribution in [1.82, 2.24) is 5.32 Å². The monoisotopic (exact) mass is 464 g/mol. The molecule has 0 bridgehead atoms. The van der Waals surface area contributed by atoms with E-state index in [-0.39, 0.29) is 49.6 Å². The van der Waals surface area contributed by atoms with Crippen LogP contribution in [0.25, 0.3) is 0 Å². The Morgan fingerprint density at radius 3 is 2.30 bits per heavy atom. The zero-order valence-corrected chi connectivity index (χ0v) is 19.4. The molecule has 0 aromatic heterocycles. The maximum atomic E-state index is 12.5. The summed E-state index contributed by atoms with van der Waals surface area (Å²) in [6, 6.07) is -1.74. The van der Waals surface area contributed by atoms with E-state index in [0.717, 1.165) is 6.42 Å². The summed E-state index contributed by atoms with van der Waals surface area (Å²) in [5.74, 6) is -1.13. The third kappa shape index (κ3) is 13.6. The highest BCUT2D eigenvalue weighted by atomic mass is 33.1. The van der Waals surface area contributed by atoms with Gasteiger partial charge in [-0.05, 0) is 19.8 Å². The normalized spacial score (nSPS) is 12.5. The highest BCUT2D eigenvalue weighted by Gasteiger charge is 2.23. The van der Waals surface area contributed by atoms with Gasteiger partial charge in [-0.15, -0.1) is 0 Å². The lowest BCUT2D eigenvalue weighted by Gasteiger charge is -2.18. The fourth-order valence-corrected chi connectivity index (χ4v) is 4.45. The summed E-state index contributed by atoms with van der Waals surface area (Å²) >= 11 is 0. The largest absolute Gasteiger partial charge is 0.468 e. The van der Waals surface area contributed by atoms with Gasteiger partial charge in [0.2, 0.25) is 5.91 Å². The summed E-state index contributed by atoms with van der Waals surface area (Å²) < 4.78 is 9.33. The number of hydrogen-bond acceptors (Lipinski definition) is 10. The number of rotatable bonds is 17. The molecule has 3 N–H and O–H groups in total. The second-order valence-electron chi connectivity index (χ2n) is 6.40. The molecule has 0 aromatic carbocycles. The van der Waals surface area contributed by atoms with Crippen LogP contribution in [0.2, 0.25) is 0 Å². The molecule has 0 saturated heterocycles. The predicted molar refractivity (Wildman–Crippen MR) is 117 cm³/mol. The summed E-state index contributed by atoms with van der Waals surface area (Å²) in [6.07, 6.45) is 1.18. The molecule has 172 valence electrons. The molecule has 30 heavy (non-hydrogen) atoms. The molecule has 9 nitrogen and oxygen atoms in total. The van der Waals surface area contributed by atoms with Crippen molar-refractivity contribution in [3.05, 3.63) is 0 Å². The molecule has 0 aromatic rings. The number of methoxy groups -OCH3 is 1. The topological polar surface area (TPSA) is 142 Å². The Labute approximate surface area is 185 Å². The SMILES string of the molecule is CCCC(=O)CSSC[C@H](NC(=O)CC[C@H](N)C(=O)OC)C(=O)CCC(=O)OCC. The lowest BCUT2D eigenvalue weighted by atomic mass is 10.1. The molecular weight excluding hydrogens is 432 g/mol. The molecule has 0 saturated carbocycles. The molecule has 11 heteroatoms. The second-order valence-corrected chi connectivity index (χ2v) is 8.90. The fraction of sp³-hybridized carbons (Fsp3) is 0.737. The van der Waals surface area contributed by atoms with Gasteiger partial charge in [0.05, 0.1) is 31.9 Å². The number of nitrogens with two attached hydrogens (primary N) is 1. The van der Waals surface area contributed by atoms with Crippen molar-refractivity contribution in [2.24, 2.45) is 5.73 Å². The quantitative estimate of drug-likeness (QED) is 0.184. The van der Waals surface area contributed by atoms with E-state index in [9.17, 15) is 24.0 Å². The Bertz CT molecular complexity index is 587. The van der Waals surface area contributed by atoms with Crippen LogP contribution in [0, 0.1) is 0 Å². The average Bonchev–Trinajstić information content (AvgIpc) is 2.72. The number of carbonyl (C=O) groups excluding carboxylic acids is 5. The molecule has 0 unspecified atom stereocenters.